The minimum atomic E-state index is -0.503. The zero-order valence-electron chi connectivity index (χ0n) is 15.3. The number of anilines is 2. The minimum absolute atomic E-state index is 0.257. The average Bonchev–Trinajstić information content (AvgIpc) is 2.61. The van der Waals surface area contributed by atoms with Gasteiger partial charge in [0, 0.05) is 28.5 Å². The third-order valence-electron chi connectivity index (χ3n) is 3.87. The lowest BCUT2D eigenvalue weighted by Crippen LogP contribution is -2.14. The quantitative estimate of drug-likeness (QED) is 0.672. The molecule has 0 aliphatic heterocycles. The van der Waals surface area contributed by atoms with Crippen LogP contribution < -0.4 is 11.1 Å². The van der Waals surface area contributed by atoms with E-state index in [0.29, 0.717) is 33.5 Å². The Balaban J connectivity index is 2.09. The highest BCUT2D eigenvalue weighted by molar-refractivity contribution is 6.05. The maximum atomic E-state index is 12.5. The van der Waals surface area contributed by atoms with Crippen LogP contribution in [0.2, 0.25) is 0 Å². The number of fused-ring (bicyclic) bond motifs is 1. The van der Waals surface area contributed by atoms with Crippen molar-refractivity contribution in [3.63, 3.8) is 0 Å². The third kappa shape index (κ3) is 4.03. The number of primary amides is 1. The van der Waals surface area contributed by atoms with E-state index < -0.39 is 11.9 Å². The van der Waals surface area contributed by atoms with Crippen molar-refractivity contribution < 1.29 is 14.3 Å². The van der Waals surface area contributed by atoms with E-state index in [4.69, 9.17) is 10.5 Å². The van der Waals surface area contributed by atoms with Gasteiger partial charge >= 0.3 is 5.97 Å². The standard InChI is InChI=1S/C20H20N4O3/c1-11(2)27-20(26)16-10-22-19-15(9-4-12(3)23-19)17(16)24-14-7-5-13(6-8-14)18(21)25/h4-11H,1-3H3,(H2,21,25)(H,22,23,24). The number of hydrogen-bond donors (Lipinski definition) is 2. The Kier molecular flexibility index (Phi) is 5.03. The number of hydrogen-bond acceptors (Lipinski definition) is 6. The number of nitrogens with one attached hydrogen (secondary N) is 1. The molecule has 0 radical (unpaired) electrons. The second-order valence-corrected chi connectivity index (χ2v) is 6.39. The van der Waals surface area contributed by atoms with Crippen LogP contribution in [0.4, 0.5) is 11.4 Å². The van der Waals surface area contributed by atoms with E-state index in [1.54, 1.807) is 38.1 Å². The molecule has 27 heavy (non-hydrogen) atoms. The average molecular weight is 364 g/mol. The van der Waals surface area contributed by atoms with Crippen LogP contribution in [-0.2, 0) is 4.74 Å². The second-order valence-electron chi connectivity index (χ2n) is 6.39. The maximum Gasteiger partial charge on any atom is 0.342 e. The summed E-state index contributed by atoms with van der Waals surface area (Å²) in [7, 11) is 0. The summed E-state index contributed by atoms with van der Waals surface area (Å²) in [6, 6.07) is 10.4. The molecule has 0 fully saturated rings. The minimum Gasteiger partial charge on any atom is -0.459 e. The number of pyridine rings is 2. The highest BCUT2D eigenvalue weighted by Crippen LogP contribution is 2.29. The smallest absolute Gasteiger partial charge is 0.342 e. The van der Waals surface area contributed by atoms with E-state index in [1.807, 2.05) is 19.1 Å². The van der Waals surface area contributed by atoms with Gasteiger partial charge in [0.1, 0.15) is 5.56 Å². The Bertz CT molecular complexity index is 1010. The van der Waals surface area contributed by atoms with Crippen LogP contribution in [0.15, 0.2) is 42.6 Å². The van der Waals surface area contributed by atoms with Gasteiger partial charge < -0.3 is 15.8 Å². The number of rotatable bonds is 5. The van der Waals surface area contributed by atoms with Crippen molar-refractivity contribution in [2.75, 3.05) is 5.32 Å². The molecule has 3 N–H and O–H groups in total. The van der Waals surface area contributed by atoms with Gasteiger partial charge in [-0.1, -0.05) is 0 Å². The molecular weight excluding hydrogens is 344 g/mol. The van der Waals surface area contributed by atoms with Crippen molar-refractivity contribution in [1.82, 2.24) is 9.97 Å². The number of amides is 1. The van der Waals surface area contributed by atoms with Crippen molar-refractivity contribution >= 4 is 34.3 Å². The van der Waals surface area contributed by atoms with Crippen LogP contribution in [0.3, 0.4) is 0 Å². The van der Waals surface area contributed by atoms with Gasteiger partial charge in [0.05, 0.1) is 11.8 Å². The van der Waals surface area contributed by atoms with E-state index in [0.717, 1.165) is 5.69 Å². The monoisotopic (exact) mass is 364 g/mol. The van der Waals surface area contributed by atoms with Gasteiger partial charge in [0.15, 0.2) is 5.65 Å². The molecule has 0 saturated heterocycles. The van der Waals surface area contributed by atoms with Crippen LogP contribution in [0.1, 0.15) is 40.3 Å². The number of ether oxygens (including phenoxy) is 1. The van der Waals surface area contributed by atoms with E-state index in [2.05, 4.69) is 15.3 Å². The molecule has 3 rings (SSSR count). The summed E-state index contributed by atoms with van der Waals surface area (Å²) in [4.78, 5) is 32.5. The molecule has 2 heterocycles. The largest absolute Gasteiger partial charge is 0.459 e. The summed E-state index contributed by atoms with van der Waals surface area (Å²) in [6.07, 6.45) is 1.20. The van der Waals surface area contributed by atoms with E-state index in [1.165, 1.54) is 6.20 Å². The molecule has 1 amide bonds. The first kappa shape index (κ1) is 18.3. The summed E-state index contributed by atoms with van der Waals surface area (Å²) in [5, 5.41) is 3.91. The number of benzene rings is 1. The molecule has 0 spiro atoms. The zero-order valence-corrected chi connectivity index (χ0v) is 15.3. The third-order valence-corrected chi connectivity index (χ3v) is 3.87. The number of aromatic nitrogens is 2. The van der Waals surface area contributed by atoms with E-state index >= 15 is 0 Å². The lowest BCUT2D eigenvalue weighted by Gasteiger charge is -2.15. The molecule has 2 aromatic heterocycles. The number of nitrogens with zero attached hydrogens (tertiary/aromatic N) is 2. The topological polar surface area (TPSA) is 107 Å². The van der Waals surface area contributed by atoms with Gasteiger partial charge in [-0.15, -0.1) is 0 Å². The molecule has 1 aromatic carbocycles. The van der Waals surface area contributed by atoms with Crippen LogP contribution in [-0.4, -0.2) is 27.9 Å². The molecule has 7 nitrogen and oxygen atoms in total. The van der Waals surface area contributed by atoms with Gasteiger partial charge in [-0.2, -0.15) is 0 Å². The fourth-order valence-electron chi connectivity index (χ4n) is 2.60. The fraction of sp³-hybridized carbons (Fsp3) is 0.200. The van der Waals surface area contributed by atoms with Gasteiger partial charge in [-0.05, 0) is 57.2 Å². The Hall–Kier alpha value is -3.48. The Morgan fingerprint density at radius 2 is 1.81 bits per heavy atom. The van der Waals surface area contributed by atoms with Gasteiger partial charge in [-0.25, -0.2) is 14.8 Å². The molecule has 7 heteroatoms. The zero-order chi connectivity index (χ0) is 19.6. The van der Waals surface area contributed by atoms with Gasteiger partial charge in [0.25, 0.3) is 0 Å². The molecule has 0 saturated carbocycles. The predicted octanol–water partition coefficient (Wildman–Crippen LogP) is 3.35. The van der Waals surface area contributed by atoms with E-state index in [-0.39, 0.29) is 6.10 Å². The van der Waals surface area contributed by atoms with Crippen molar-refractivity contribution in [2.45, 2.75) is 26.9 Å². The van der Waals surface area contributed by atoms with Crippen molar-refractivity contribution in [3.05, 3.63) is 59.4 Å². The van der Waals surface area contributed by atoms with Crippen LogP contribution in [0, 0.1) is 6.92 Å². The van der Waals surface area contributed by atoms with E-state index in [9.17, 15) is 9.59 Å². The second kappa shape index (κ2) is 7.41. The Morgan fingerprint density at radius 1 is 1.11 bits per heavy atom. The maximum absolute atomic E-state index is 12.5. The normalized spacial score (nSPS) is 10.8. The first-order chi connectivity index (χ1) is 12.8. The van der Waals surface area contributed by atoms with Crippen LogP contribution >= 0.6 is 0 Å². The molecule has 0 atom stereocenters. The number of esters is 1. The summed E-state index contributed by atoms with van der Waals surface area (Å²) >= 11 is 0. The first-order valence-electron chi connectivity index (χ1n) is 8.49. The molecular formula is C20H20N4O3. The van der Waals surface area contributed by atoms with Crippen molar-refractivity contribution in [3.8, 4) is 0 Å². The Morgan fingerprint density at radius 3 is 2.44 bits per heavy atom. The summed E-state index contributed by atoms with van der Waals surface area (Å²) in [5.74, 6) is -0.979. The highest BCUT2D eigenvalue weighted by Gasteiger charge is 2.19. The van der Waals surface area contributed by atoms with Crippen LogP contribution in [0.25, 0.3) is 11.0 Å². The highest BCUT2D eigenvalue weighted by atomic mass is 16.5. The number of nitrogens with two attached hydrogens (primary N) is 1. The molecule has 0 bridgehead atoms. The predicted molar refractivity (Wildman–Crippen MR) is 103 cm³/mol. The summed E-state index contributed by atoms with van der Waals surface area (Å²) in [6.45, 7) is 5.44. The molecule has 0 aliphatic rings. The lowest BCUT2D eigenvalue weighted by atomic mass is 10.1. The molecule has 0 unspecified atom stereocenters. The first-order valence-corrected chi connectivity index (χ1v) is 8.49. The fourth-order valence-corrected chi connectivity index (χ4v) is 2.60. The number of aryl methyl sites for hydroxylation is 1. The molecule has 3 aromatic rings. The Labute approximate surface area is 156 Å². The molecule has 0 aliphatic carbocycles. The summed E-state index contributed by atoms with van der Waals surface area (Å²) < 4.78 is 5.34. The molecule has 138 valence electrons. The van der Waals surface area contributed by atoms with Crippen molar-refractivity contribution in [2.24, 2.45) is 5.73 Å². The number of carbonyl (C=O) groups excluding carboxylic acids is 2. The van der Waals surface area contributed by atoms with Crippen LogP contribution in [0.5, 0.6) is 0 Å². The lowest BCUT2D eigenvalue weighted by molar-refractivity contribution is 0.0378. The van der Waals surface area contributed by atoms with Gasteiger partial charge in [0.2, 0.25) is 5.91 Å². The number of carbonyl (C=O) groups is 2. The SMILES string of the molecule is Cc1ccc2c(Nc3ccc(C(N)=O)cc3)c(C(=O)OC(C)C)cnc2n1. The van der Waals surface area contributed by atoms with Gasteiger partial charge in [-0.3, -0.25) is 4.79 Å². The van der Waals surface area contributed by atoms with Crippen molar-refractivity contribution in [1.29, 1.82) is 0 Å². The summed E-state index contributed by atoms with van der Waals surface area (Å²) in [5.41, 5.74) is 8.56.